The molecule has 1 fully saturated rings. The molecule has 1 aliphatic heterocycles. The Hall–Kier alpha value is -2.14. The lowest BCUT2D eigenvalue weighted by Crippen LogP contribution is -2.35. The lowest BCUT2D eigenvalue weighted by Gasteiger charge is -2.26. The number of thiazole rings is 1. The molecule has 0 unspecified atom stereocenters. The van der Waals surface area contributed by atoms with Gasteiger partial charge in [0.1, 0.15) is 4.88 Å². The van der Waals surface area contributed by atoms with Gasteiger partial charge < -0.3 is 4.90 Å². The zero-order valence-electron chi connectivity index (χ0n) is 13.2. The van der Waals surface area contributed by atoms with Gasteiger partial charge in [0.25, 0.3) is 5.91 Å². The molecule has 3 heterocycles. The average molecular weight is 325 g/mol. The average Bonchev–Trinajstić information content (AvgIpc) is 3.16. The number of nitrogens with zero attached hydrogens (tertiary/aromatic N) is 3. The second kappa shape index (κ2) is 5.81. The minimum absolute atomic E-state index is 0.166. The molecule has 4 nitrogen and oxygen atoms in total. The van der Waals surface area contributed by atoms with Crippen molar-refractivity contribution in [2.75, 3.05) is 13.1 Å². The number of rotatable bonds is 2. The van der Waals surface area contributed by atoms with E-state index in [2.05, 4.69) is 12.1 Å². The van der Waals surface area contributed by atoms with Crippen LogP contribution in [0.5, 0.6) is 0 Å². The van der Waals surface area contributed by atoms with Gasteiger partial charge in [-0.25, -0.2) is 4.98 Å². The first-order chi connectivity index (χ1) is 11.2. The molecule has 1 aliphatic rings. The number of aromatic nitrogens is 2. The summed E-state index contributed by atoms with van der Waals surface area (Å²) >= 11 is 1.50. The maximum Gasteiger partial charge on any atom is 0.265 e. The van der Waals surface area contributed by atoms with Gasteiger partial charge >= 0.3 is 0 Å². The van der Waals surface area contributed by atoms with Crippen LogP contribution in [0.15, 0.2) is 36.5 Å². The molecule has 118 valence electrons. The Morgan fingerprint density at radius 1 is 1.13 bits per heavy atom. The lowest BCUT2D eigenvalue weighted by atomic mass is 10.1. The zero-order chi connectivity index (χ0) is 15.8. The fraction of sp³-hybridized carbons (Fsp3) is 0.333. The van der Waals surface area contributed by atoms with Gasteiger partial charge in [0.15, 0.2) is 4.96 Å². The molecule has 0 bridgehead atoms. The van der Waals surface area contributed by atoms with Crippen molar-refractivity contribution in [3.05, 3.63) is 47.1 Å². The maximum absolute atomic E-state index is 12.7. The summed E-state index contributed by atoms with van der Waals surface area (Å²) in [6.07, 6.45) is 5.50. The number of carbonyl (C=O) groups is 1. The van der Waals surface area contributed by atoms with Crippen LogP contribution >= 0.6 is 11.3 Å². The van der Waals surface area contributed by atoms with Crippen LogP contribution in [0, 0.1) is 6.92 Å². The predicted octanol–water partition coefficient (Wildman–Crippen LogP) is 4.00. The second-order valence-electron chi connectivity index (χ2n) is 6.01. The minimum Gasteiger partial charge on any atom is -0.338 e. The van der Waals surface area contributed by atoms with Gasteiger partial charge in [-0.05, 0) is 26.2 Å². The third-order valence-electron chi connectivity index (χ3n) is 4.46. The van der Waals surface area contributed by atoms with Gasteiger partial charge in [0, 0.05) is 30.5 Å². The highest BCUT2D eigenvalue weighted by molar-refractivity contribution is 7.19. The van der Waals surface area contributed by atoms with Gasteiger partial charge in [0.05, 0.1) is 5.69 Å². The first-order valence-corrected chi connectivity index (χ1v) is 8.89. The monoisotopic (exact) mass is 325 g/mol. The van der Waals surface area contributed by atoms with Crippen LogP contribution in [0.1, 0.15) is 34.6 Å². The molecule has 0 N–H and O–H groups in total. The summed E-state index contributed by atoms with van der Waals surface area (Å²) in [6.45, 7) is 3.78. The van der Waals surface area contributed by atoms with Crippen LogP contribution in [0.25, 0.3) is 16.2 Å². The van der Waals surface area contributed by atoms with Crippen molar-refractivity contribution in [1.29, 1.82) is 0 Å². The fourth-order valence-corrected chi connectivity index (χ4v) is 4.21. The first kappa shape index (κ1) is 14.5. The molecule has 23 heavy (non-hydrogen) atoms. The number of amides is 1. The van der Waals surface area contributed by atoms with Gasteiger partial charge in [-0.15, -0.1) is 0 Å². The first-order valence-electron chi connectivity index (χ1n) is 8.07. The number of imidazole rings is 1. The highest BCUT2D eigenvalue weighted by Crippen LogP contribution is 2.28. The molecule has 1 amide bonds. The molecule has 2 aromatic heterocycles. The normalized spacial score (nSPS) is 15.3. The van der Waals surface area contributed by atoms with Gasteiger partial charge in [-0.1, -0.05) is 41.7 Å². The Balaban J connectivity index is 1.69. The van der Waals surface area contributed by atoms with Crippen molar-refractivity contribution < 1.29 is 4.79 Å². The van der Waals surface area contributed by atoms with E-state index in [-0.39, 0.29) is 5.91 Å². The standard InChI is InChI=1S/C18H19N3OS/c1-13-16(17(22)20-10-6-3-7-11-20)23-18-19-15(12-21(13)18)14-8-4-2-5-9-14/h2,4-5,8-9,12H,3,6-7,10-11H2,1H3. The highest BCUT2D eigenvalue weighted by Gasteiger charge is 2.24. The largest absolute Gasteiger partial charge is 0.338 e. The van der Waals surface area contributed by atoms with Crippen molar-refractivity contribution in [2.24, 2.45) is 0 Å². The smallest absolute Gasteiger partial charge is 0.265 e. The number of aryl methyl sites for hydroxylation is 1. The summed E-state index contributed by atoms with van der Waals surface area (Å²) in [7, 11) is 0. The van der Waals surface area contributed by atoms with Crippen LogP contribution in [0.3, 0.4) is 0 Å². The molecular formula is C18H19N3OS. The molecule has 1 aromatic carbocycles. The maximum atomic E-state index is 12.7. The molecular weight excluding hydrogens is 306 g/mol. The Bertz CT molecular complexity index is 844. The van der Waals surface area contributed by atoms with E-state index in [1.54, 1.807) is 0 Å². The molecule has 0 radical (unpaired) electrons. The van der Waals surface area contributed by atoms with Gasteiger partial charge in [-0.2, -0.15) is 0 Å². The van der Waals surface area contributed by atoms with Crippen LogP contribution in [-0.2, 0) is 0 Å². The summed E-state index contributed by atoms with van der Waals surface area (Å²) < 4.78 is 2.05. The van der Waals surface area contributed by atoms with Crippen molar-refractivity contribution in [3.63, 3.8) is 0 Å². The minimum atomic E-state index is 0.166. The summed E-state index contributed by atoms with van der Waals surface area (Å²) in [5, 5.41) is 0. The van der Waals surface area contributed by atoms with Crippen LogP contribution in [-0.4, -0.2) is 33.3 Å². The SMILES string of the molecule is Cc1c(C(=O)N2CCCCC2)sc2nc(-c3ccccc3)cn12. The Labute approximate surface area is 139 Å². The number of carbonyl (C=O) groups excluding carboxylic acids is 1. The quantitative estimate of drug-likeness (QED) is 0.714. The topological polar surface area (TPSA) is 37.6 Å². The number of likely N-dealkylation sites (tertiary alicyclic amines) is 1. The third kappa shape index (κ3) is 2.55. The van der Waals surface area contributed by atoms with Gasteiger partial charge in [-0.3, -0.25) is 9.20 Å². The number of fused-ring (bicyclic) bond motifs is 1. The molecule has 5 heteroatoms. The van der Waals surface area contributed by atoms with Crippen molar-refractivity contribution in [2.45, 2.75) is 26.2 Å². The third-order valence-corrected chi connectivity index (χ3v) is 5.61. The molecule has 0 atom stereocenters. The summed E-state index contributed by atoms with van der Waals surface area (Å²) in [5.74, 6) is 0.166. The van der Waals surface area contributed by atoms with E-state index in [1.165, 1.54) is 17.8 Å². The molecule has 0 aliphatic carbocycles. The van der Waals surface area contributed by atoms with E-state index >= 15 is 0 Å². The highest BCUT2D eigenvalue weighted by atomic mass is 32.1. The number of hydrogen-bond acceptors (Lipinski definition) is 3. The van der Waals surface area contributed by atoms with Crippen molar-refractivity contribution >= 4 is 22.2 Å². The molecule has 0 spiro atoms. The molecule has 0 saturated carbocycles. The van der Waals surface area contributed by atoms with Gasteiger partial charge in [0.2, 0.25) is 0 Å². The molecule has 3 aromatic rings. The fourth-order valence-electron chi connectivity index (χ4n) is 3.14. The number of hydrogen-bond donors (Lipinski definition) is 0. The lowest BCUT2D eigenvalue weighted by molar-refractivity contribution is 0.0728. The second-order valence-corrected chi connectivity index (χ2v) is 6.99. The van der Waals surface area contributed by atoms with Crippen LogP contribution < -0.4 is 0 Å². The van der Waals surface area contributed by atoms with E-state index in [0.717, 1.165) is 52.7 Å². The van der Waals surface area contributed by atoms with Crippen molar-refractivity contribution in [1.82, 2.24) is 14.3 Å². The van der Waals surface area contributed by atoms with Crippen LogP contribution in [0.2, 0.25) is 0 Å². The zero-order valence-corrected chi connectivity index (χ0v) is 14.0. The Kier molecular flexibility index (Phi) is 3.65. The van der Waals surface area contributed by atoms with E-state index < -0.39 is 0 Å². The summed E-state index contributed by atoms with van der Waals surface area (Å²) in [6, 6.07) is 10.1. The van der Waals surface area contributed by atoms with Crippen molar-refractivity contribution in [3.8, 4) is 11.3 Å². The Morgan fingerprint density at radius 3 is 2.57 bits per heavy atom. The van der Waals surface area contributed by atoms with E-state index in [1.807, 2.05) is 40.6 Å². The van der Waals surface area contributed by atoms with E-state index in [4.69, 9.17) is 4.98 Å². The number of piperidine rings is 1. The molecule has 4 rings (SSSR count). The van der Waals surface area contributed by atoms with E-state index in [0.29, 0.717) is 0 Å². The van der Waals surface area contributed by atoms with Crippen LogP contribution in [0.4, 0.5) is 0 Å². The van der Waals surface area contributed by atoms with E-state index in [9.17, 15) is 4.79 Å². The summed E-state index contributed by atoms with van der Waals surface area (Å²) in [4.78, 5) is 21.1. The number of benzene rings is 1. The predicted molar refractivity (Wildman–Crippen MR) is 93.0 cm³/mol. The summed E-state index contributed by atoms with van der Waals surface area (Å²) in [5.41, 5.74) is 3.05. The Morgan fingerprint density at radius 2 is 1.87 bits per heavy atom. The molecule has 1 saturated heterocycles.